The minimum absolute atomic E-state index is 0.135. The summed E-state index contributed by atoms with van der Waals surface area (Å²) in [6, 6.07) is 1.93. The molecule has 1 aliphatic heterocycles. The lowest BCUT2D eigenvalue weighted by Gasteiger charge is -2.07. The molecule has 7 heteroatoms. The number of urea groups is 1. The number of hydrogen-bond acceptors (Lipinski definition) is 4. The fourth-order valence-electron chi connectivity index (χ4n) is 2.49. The van der Waals surface area contributed by atoms with E-state index in [0.29, 0.717) is 13.1 Å². The molecule has 2 aromatic heterocycles. The maximum atomic E-state index is 11.8. The molecule has 3 heterocycles. The Hall–Kier alpha value is -1.89. The lowest BCUT2D eigenvalue weighted by molar-refractivity contribution is 0.240. The molecule has 0 saturated heterocycles. The van der Waals surface area contributed by atoms with Gasteiger partial charge in [-0.1, -0.05) is 0 Å². The van der Waals surface area contributed by atoms with Crippen LogP contribution in [-0.2, 0) is 25.9 Å². The Labute approximate surface area is 127 Å². The summed E-state index contributed by atoms with van der Waals surface area (Å²) in [5, 5.41) is 16.1. The van der Waals surface area contributed by atoms with Gasteiger partial charge in [-0.15, -0.1) is 21.5 Å². The Bertz CT molecular complexity index is 633. The highest BCUT2D eigenvalue weighted by Crippen LogP contribution is 2.15. The van der Waals surface area contributed by atoms with Gasteiger partial charge in [0.15, 0.2) is 0 Å². The molecule has 3 rings (SSSR count). The molecule has 0 spiro atoms. The van der Waals surface area contributed by atoms with Gasteiger partial charge in [0, 0.05) is 30.8 Å². The van der Waals surface area contributed by atoms with E-state index in [9.17, 15) is 4.79 Å². The van der Waals surface area contributed by atoms with Gasteiger partial charge in [-0.2, -0.15) is 0 Å². The molecule has 0 fully saturated rings. The number of amides is 2. The Morgan fingerprint density at radius 2 is 2.33 bits per heavy atom. The third-order valence-electron chi connectivity index (χ3n) is 3.70. The van der Waals surface area contributed by atoms with Crippen molar-refractivity contribution >= 4 is 17.4 Å². The molecule has 0 aliphatic carbocycles. The van der Waals surface area contributed by atoms with Crippen LogP contribution in [0.4, 0.5) is 4.79 Å². The van der Waals surface area contributed by atoms with Crippen molar-refractivity contribution in [2.75, 3.05) is 6.54 Å². The van der Waals surface area contributed by atoms with Crippen LogP contribution in [0.5, 0.6) is 0 Å². The number of nitrogens with one attached hydrogen (secondary N) is 2. The lowest BCUT2D eigenvalue weighted by Crippen LogP contribution is -2.36. The molecule has 0 atom stereocenters. The number of carbonyl (C=O) groups excluding carboxylic acids is 1. The summed E-state index contributed by atoms with van der Waals surface area (Å²) in [4.78, 5) is 12.9. The molecule has 6 nitrogen and oxygen atoms in total. The van der Waals surface area contributed by atoms with Crippen molar-refractivity contribution in [3.05, 3.63) is 33.5 Å². The topological polar surface area (TPSA) is 71.8 Å². The zero-order valence-electron chi connectivity index (χ0n) is 12.1. The van der Waals surface area contributed by atoms with E-state index in [4.69, 9.17) is 0 Å². The van der Waals surface area contributed by atoms with Crippen molar-refractivity contribution in [2.45, 2.75) is 39.3 Å². The summed E-state index contributed by atoms with van der Waals surface area (Å²) in [5.41, 5.74) is 1.22. The molecule has 0 aromatic carbocycles. The van der Waals surface area contributed by atoms with Crippen LogP contribution in [0.2, 0.25) is 0 Å². The second-order valence-electron chi connectivity index (χ2n) is 5.17. The van der Waals surface area contributed by atoms with Crippen LogP contribution in [0.15, 0.2) is 11.4 Å². The van der Waals surface area contributed by atoms with E-state index in [1.165, 1.54) is 10.4 Å². The van der Waals surface area contributed by atoms with E-state index in [1.807, 2.05) is 5.38 Å². The number of carbonyl (C=O) groups is 1. The number of nitrogens with zero attached hydrogens (tertiary/aromatic N) is 3. The SMILES string of the molecule is Cc1ccsc1CNC(=O)NCCc1nnc2n1CCC2. The van der Waals surface area contributed by atoms with Gasteiger partial charge in [-0.25, -0.2) is 4.79 Å². The fourth-order valence-corrected chi connectivity index (χ4v) is 3.34. The van der Waals surface area contributed by atoms with E-state index in [-0.39, 0.29) is 6.03 Å². The summed E-state index contributed by atoms with van der Waals surface area (Å²) < 4.78 is 2.16. The average molecular weight is 305 g/mol. The number of hydrogen-bond donors (Lipinski definition) is 2. The molecular weight excluding hydrogens is 286 g/mol. The zero-order chi connectivity index (χ0) is 14.7. The Morgan fingerprint density at radius 1 is 1.43 bits per heavy atom. The maximum absolute atomic E-state index is 11.8. The van der Waals surface area contributed by atoms with E-state index >= 15 is 0 Å². The first-order valence-electron chi connectivity index (χ1n) is 7.19. The van der Waals surface area contributed by atoms with Crippen LogP contribution in [0.3, 0.4) is 0 Å². The first-order chi connectivity index (χ1) is 10.2. The highest BCUT2D eigenvalue weighted by Gasteiger charge is 2.16. The molecule has 1 aliphatic rings. The summed E-state index contributed by atoms with van der Waals surface area (Å²) >= 11 is 1.66. The highest BCUT2D eigenvalue weighted by molar-refractivity contribution is 7.10. The first kappa shape index (κ1) is 14.1. The summed E-state index contributed by atoms with van der Waals surface area (Å²) in [7, 11) is 0. The minimum Gasteiger partial charge on any atom is -0.338 e. The van der Waals surface area contributed by atoms with Crippen molar-refractivity contribution in [3.63, 3.8) is 0 Å². The van der Waals surface area contributed by atoms with Crippen LogP contribution < -0.4 is 10.6 Å². The third kappa shape index (κ3) is 3.24. The molecule has 0 radical (unpaired) electrons. The van der Waals surface area contributed by atoms with Crippen molar-refractivity contribution in [3.8, 4) is 0 Å². The van der Waals surface area contributed by atoms with Crippen LogP contribution in [0.25, 0.3) is 0 Å². The standard InChI is InChI=1S/C14H19N5OS/c1-10-5-8-21-11(10)9-16-14(20)15-6-4-13-18-17-12-3-2-7-19(12)13/h5,8H,2-4,6-7,9H2,1H3,(H2,15,16,20). The molecule has 21 heavy (non-hydrogen) atoms. The Kier molecular flexibility index (Phi) is 4.19. The molecule has 2 amide bonds. The monoisotopic (exact) mass is 305 g/mol. The van der Waals surface area contributed by atoms with Crippen molar-refractivity contribution in [1.29, 1.82) is 0 Å². The molecule has 2 N–H and O–H groups in total. The van der Waals surface area contributed by atoms with E-state index < -0.39 is 0 Å². The van der Waals surface area contributed by atoms with Gasteiger partial charge >= 0.3 is 6.03 Å². The van der Waals surface area contributed by atoms with Crippen LogP contribution in [0, 0.1) is 6.92 Å². The molecule has 2 aromatic rings. The zero-order valence-corrected chi connectivity index (χ0v) is 12.9. The number of fused-ring (bicyclic) bond motifs is 1. The normalized spacial score (nSPS) is 13.2. The molecule has 0 saturated carbocycles. The largest absolute Gasteiger partial charge is 0.338 e. The van der Waals surface area contributed by atoms with Gasteiger partial charge in [0.2, 0.25) is 0 Å². The predicted molar refractivity (Wildman–Crippen MR) is 81.3 cm³/mol. The average Bonchev–Trinajstić information content (AvgIpc) is 3.15. The second kappa shape index (κ2) is 6.26. The predicted octanol–water partition coefficient (Wildman–Crippen LogP) is 1.64. The van der Waals surface area contributed by atoms with Crippen molar-refractivity contribution in [1.82, 2.24) is 25.4 Å². The van der Waals surface area contributed by atoms with E-state index in [2.05, 4.69) is 38.4 Å². The molecular formula is C14H19N5OS. The highest BCUT2D eigenvalue weighted by atomic mass is 32.1. The quantitative estimate of drug-likeness (QED) is 0.882. The maximum Gasteiger partial charge on any atom is 0.315 e. The van der Waals surface area contributed by atoms with Gasteiger partial charge in [0.1, 0.15) is 11.6 Å². The van der Waals surface area contributed by atoms with Gasteiger partial charge in [0.25, 0.3) is 0 Å². The third-order valence-corrected chi connectivity index (χ3v) is 4.72. The number of aromatic nitrogens is 3. The van der Waals surface area contributed by atoms with Gasteiger partial charge in [0.05, 0.1) is 6.54 Å². The number of aryl methyl sites for hydroxylation is 2. The van der Waals surface area contributed by atoms with E-state index in [0.717, 1.165) is 37.5 Å². The van der Waals surface area contributed by atoms with E-state index in [1.54, 1.807) is 11.3 Å². The summed E-state index contributed by atoms with van der Waals surface area (Å²) in [5.74, 6) is 2.04. The molecule has 0 bridgehead atoms. The van der Waals surface area contributed by atoms with Crippen LogP contribution in [0.1, 0.15) is 28.5 Å². The van der Waals surface area contributed by atoms with Crippen LogP contribution >= 0.6 is 11.3 Å². The smallest absolute Gasteiger partial charge is 0.315 e. The van der Waals surface area contributed by atoms with Gasteiger partial charge in [-0.3, -0.25) is 0 Å². The number of rotatable bonds is 5. The van der Waals surface area contributed by atoms with Crippen molar-refractivity contribution < 1.29 is 4.79 Å². The van der Waals surface area contributed by atoms with Crippen molar-refractivity contribution in [2.24, 2.45) is 0 Å². The first-order valence-corrected chi connectivity index (χ1v) is 8.07. The lowest BCUT2D eigenvalue weighted by atomic mass is 10.3. The van der Waals surface area contributed by atoms with Gasteiger partial charge in [-0.05, 0) is 30.4 Å². The Balaban J connectivity index is 1.41. The molecule has 112 valence electrons. The number of thiophene rings is 1. The Morgan fingerprint density at radius 3 is 3.14 bits per heavy atom. The second-order valence-corrected chi connectivity index (χ2v) is 6.17. The molecule has 0 unspecified atom stereocenters. The van der Waals surface area contributed by atoms with Crippen LogP contribution in [-0.4, -0.2) is 27.3 Å². The summed E-state index contributed by atoms with van der Waals surface area (Å²) in [6.45, 7) is 4.21. The van der Waals surface area contributed by atoms with Gasteiger partial charge < -0.3 is 15.2 Å². The minimum atomic E-state index is -0.135. The fraction of sp³-hybridized carbons (Fsp3) is 0.500. The summed E-state index contributed by atoms with van der Waals surface area (Å²) in [6.07, 6.45) is 2.88.